The van der Waals surface area contributed by atoms with Crippen LogP contribution in [0.3, 0.4) is 0 Å². The Morgan fingerprint density at radius 2 is 2.00 bits per heavy atom. The summed E-state index contributed by atoms with van der Waals surface area (Å²) in [5.74, 6) is 1.52. The second-order valence-corrected chi connectivity index (χ2v) is 6.53. The molecule has 0 spiro atoms. The minimum absolute atomic E-state index is 0.489. The fourth-order valence-corrected chi connectivity index (χ4v) is 3.93. The van der Waals surface area contributed by atoms with E-state index in [1.54, 1.807) is 6.33 Å². The minimum Gasteiger partial charge on any atom is -0.371 e. The zero-order valence-electron chi connectivity index (χ0n) is 14.3. The van der Waals surface area contributed by atoms with Crippen molar-refractivity contribution in [3.63, 3.8) is 0 Å². The molecule has 0 bridgehead atoms. The highest BCUT2D eigenvalue weighted by atomic mass is 15.2. The summed E-state index contributed by atoms with van der Waals surface area (Å²) in [6, 6.07) is 8.51. The molecule has 0 atom stereocenters. The molecule has 1 N–H and O–H groups in total. The maximum absolute atomic E-state index is 4.81. The maximum Gasteiger partial charge on any atom is 0.137 e. The van der Waals surface area contributed by atoms with Crippen LogP contribution in [0.25, 0.3) is 10.9 Å². The van der Waals surface area contributed by atoms with Gasteiger partial charge < -0.3 is 4.90 Å². The molecule has 124 valence electrons. The lowest BCUT2D eigenvalue weighted by Crippen LogP contribution is -2.34. The highest BCUT2D eigenvalue weighted by Gasteiger charge is 2.25. The van der Waals surface area contributed by atoms with Crippen LogP contribution < -0.4 is 4.90 Å². The summed E-state index contributed by atoms with van der Waals surface area (Å²) in [4.78, 5) is 11.7. The highest BCUT2D eigenvalue weighted by Crippen LogP contribution is 2.36. The molecule has 1 aliphatic rings. The number of anilines is 1. The lowest BCUT2D eigenvalue weighted by Gasteiger charge is -2.35. The third-order valence-corrected chi connectivity index (χ3v) is 5.16. The summed E-state index contributed by atoms with van der Waals surface area (Å²) in [5.41, 5.74) is 5.02. The van der Waals surface area contributed by atoms with Crippen molar-refractivity contribution < 1.29 is 0 Å². The van der Waals surface area contributed by atoms with E-state index in [0.717, 1.165) is 49.4 Å². The van der Waals surface area contributed by atoms with Crippen LogP contribution in [0.1, 0.15) is 42.8 Å². The molecule has 0 saturated carbocycles. The second kappa shape index (κ2) is 6.23. The number of aromatic amines is 1. The third-order valence-electron chi connectivity index (χ3n) is 5.16. The Balaban J connectivity index is 1.69. The Labute approximate surface area is 142 Å². The van der Waals surface area contributed by atoms with Crippen LogP contribution >= 0.6 is 0 Å². The molecule has 0 unspecified atom stereocenters. The molecule has 24 heavy (non-hydrogen) atoms. The Kier molecular flexibility index (Phi) is 3.92. The van der Waals surface area contributed by atoms with Crippen LogP contribution in [-0.2, 0) is 6.42 Å². The van der Waals surface area contributed by atoms with E-state index in [9.17, 15) is 0 Å². The van der Waals surface area contributed by atoms with Crippen molar-refractivity contribution in [2.45, 2.75) is 39.0 Å². The summed E-state index contributed by atoms with van der Waals surface area (Å²) in [6.45, 7) is 6.46. The van der Waals surface area contributed by atoms with Crippen LogP contribution in [0, 0.1) is 6.92 Å². The predicted molar refractivity (Wildman–Crippen MR) is 96.4 cm³/mol. The van der Waals surface area contributed by atoms with E-state index >= 15 is 0 Å². The molecular weight excluding hydrogens is 298 g/mol. The van der Waals surface area contributed by atoms with Gasteiger partial charge in [-0.3, -0.25) is 10.1 Å². The number of aryl methyl sites for hydroxylation is 1. The van der Waals surface area contributed by atoms with Crippen LogP contribution in [0.5, 0.6) is 0 Å². The van der Waals surface area contributed by atoms with E-state index in [2.05, 4.69) is 58.2 Å². The zero-order valence-corrected chi connectivity index (χ0v) is 14.3. The molecule has 1 aromatic carbocycles. The SMILES string of the molecule is CCc1c(C)nc2ccccc2c1N1CCC(c2ncn[nH]2)CC1. The zero-order chi connectivity index (χ0) is 16.5. The van der Waals surface area contributed by atoms with E-state index in [4.69, 9.17) is 4.98 Å². The Morgan fingerprint density at radius 1 is 1.21 bits per heavy atom. The predicted octanol–water partition coefficient (Wildman–Crippen LogP) is 3.61. The molecule has 4 rings (SSSR count). The van der Waals surface area contributed by atoms with Gasteiger partial charge in [-0.05, 0) is 37.8 Å². The van der Waals surface area contributed by atoms with E-state index in [1.807, 2.05) is 0 Å². The largest absolute Gasteiger partial charge is 0.371 e. The van der Waals surface area contributed by atoms with Gasteiger partial charge in [-0.25, -0.2) is 4.98 Å². The fourth-order valence-electron chi connectivity index (χ4n) is 3.93. The number of fused-ring (bicyclic) bond motifs is 1. The van der Waals surface area contributed by atoms with E-state index in [0.29, 0.717) is 5.92 Å². The number of para-hydroxylation sites is 1. The molecule has 0 radical (unpaired) electrons. The number of benzene rings is 1. The number of nitrogens with one attached hydrogen (secondary N) is 1. The quantitative estimate of drug-likeness (QED) is 0.800. The number of aromatic nitrogens is 4. The van der Waals surface area contributed by atoms with Gasteiger partial charge in [0.2, 0.25) is 0 Å². The summed E-state index contributed by atoms with van der Waals surface area (Å²) in [7, 11) is 0. The van der Waals surface area contributed by atoms with Crippen LogP contribution in [-0.4, -0.2) is 33.3 Å². The molecule has 1 aliphatic heterocycles. The van der Waals surface area contributed by atoms with Gasteiger partial charge in [0.05, 0.1) is 11.2 Å². The first-order valence-corrected chi connectivity index (χ1v) is 8.76. The number of piperidine rings is 1. The van der Waals surface area contributed by atoms with Crippen molar-refractivity contribution >= 4 is 16.6 Å². The van der Waals surface area contributed by atoms with Crippen molar-refractivity contribution in [2.24, 2.45) is 0 Å². The van der Waals surface area contributed by atoms with Gasteiger partial charge in [0.1, 0.15) is 12.2 Å². The number of hydrogen-bond acceptors (Lipinski definition) is 4. The van der Waals surface area contributed by atoms with Crippen molar-refractivity contribution in [3.8, 4) is 0 Å². The molecular formula is C19H23N5. The Hall–Kier alpha value is -2.43. The number of pyridine rings is 1. The molecule has 1 fully saturated rings. The molecule has 5 nitrogen and oxygen atoms in total. The molecule has 0 amide bonds. The molecule has 5 heteroatoms. The lowest BCUT2D eigenvalue weighted by molar-refractivity contribution is 0.487. The first-order valence-electron chi connectivity index (χ1n) is 8.76. The Bertz CT molecular complexity index is 832. The monoisotopic (exact) mass is 321 g/mol. The van der Waals surface area contributed by atoms with Gasteiger partial charge in [0.25, 0.3) is 0 Å². The van der Waals surface area contributed by atoms with Gasteiger partial charge in [-0.15, -0.1) is 0 Å². The summed E-state index contributed by atoms with van der Waals surface area (Å²) >= 11 is 0. The molecule has 3 heterocycles. The average molecular weight is 321 g/mol. The smallest absolute Gasteiger partial charge is 0.137 e. The molecule has 2 aromatic heterocycles. The van der Waals surface area contributed by atoms with Crippen molar-refractivity contribution in [1.82, 2.24) is 20.2 Å². The van der Waals surface area contributed by atoms with Gasteiger partial charge >= 0.3 is 0 Å². The van der Waals surface area contributed by atoms with Gasteiger partial charge in [0, 0.05) is 30.1 Å². The first kappa shape index (κ1) is 15.1. The van der Waals surface area contributed by atoms with Gasteiger partial charge in [-0.2, -0.15) is 5.10 Å². The molecule has 1 saturated heterocycles. The number of rotatable bonds is 3. The fraction of sp³-hybridized carbons (Fsp3) is 0.421. The minimum atomic E-state index is 0.489. The Morgan fingerprint density at radius 3 is 2.71 bits per heavy atom. The van der Waals surface area contributed by atoms with Crippen molar-refractivity contribution in [1.29, 1.82) is 0 Å². The van der Waals surface area contributed by atoms with E-state index in [1.165, 1.54) is 16.6 Å². The molecule has 0 aliphatic carbocycles. The summed E-state index contributed by atoms with van der Waals surface area (Å²) in [5, 5.41) is 8.31. The maximum atomic E-state index is 4.81. The number of nitrogens with zero attached hydrogens (tertiary/aromatic N) is 4. The standard InChI is InChI=1S/C19H23N5/c1-3-15-13(2)22-17-7-5-4-6-16(17)18(15)24-10-8-14(9-11-24)19-20-12-21-23-19/h4-7,12,14H,3,8-11H2,1-2H3,(H,20,21,23). The average Bonchev–Trinajstić information content (AvgIpc) is 3.15. The second-order valence-electron chi connectivity index (χ2n) is 6.53. The first-order chi connectivity index (χ1) is 11.8. The van der Waals surface area contributed by atoms with Gasteiger partial charge in [-0.1, -0.05) is 25.1 Å². The van der Waals surface area contributed by atoms with E-state index in [-0.39, 0.29) is 0 Å². The van der Waals surface area contributed by atoms with Crippen molar-refractivity contribution in [2.75, 3.05) is 18.0 Å². The number of hydrogen-bond donors (Lipinski definition) is 1. The normalized spacial score (nSPS) is 16.0. The topological polar surface area (TPSA) is 57.7 Å². The van der Waals surface area contributed by atoms with Crippen molar-refractivity contribution in [3.05, 3.63) is 47.7 Å². The lowest BCUT2D eigenvalue weighted by atomic mass is 9.94. The van der Waals surface area contributed by atoms with Crippen LogP contribution in [0.2, 0.25) is 0 Å². The summed E-state index contributed by atoms with van der Waals surface area (Å²) < 4.78 is 0. The number of H-pyrrole nitrogens is 1. The van der Waals surface area contributed by atoms with E-state index < -0.39 is 0 Å². The van der Waals surface area contributed by atoms with Crippen LogP contribution in [0.15, 0.2) is 30.6 Å². The highest BCUT2D eigenvalue weighted by molar-refractivity contribution is 5.94. The van der Waals surface area contributed by atoms with Crippen LogP contribution in [0.4, 0.5) is 5.69 Å². The van der Waals surface area contributed by atoms with Gasteiger partial charge in [0.15, 0.2) is 0 Å². The third kappa shape index (κ3) is 2.54. The molecule has 3 aromatic rings. The summed E-state index contributed by atoms with van der Waals surface area (Å²) in [6.07, 6.45) is 4.83.